The molecule has 20 heavy (non-hydrogen) atoms. The van der Waals surface area contributed by atoms with Gasteiger partial charge in [0.05, 0.1) is 0 Å². The summed E-state index contributed by atoms with van der Waals surface area (Å²) >= 11 is 1.42. The first kappa shape index (κ1) is 12.8. The predicted octanol–water partition coefficient (Wildman–Crippen LogP) is 1.41. The number of aromatic nitrogens is 2. The van der Waals surface area contributed by atoms with Gasteiger partial charge in [-0.1, -0.05) is 11.2 Å². The van der Waals surface area contributed by atoms with Crippen LogP contribution in [0.5, 0.6) is 0 Å². The molecule has 2 aromatic rings. The third-order valence-electron chi connectivity index (χ3n) is 3.15. The summed E-state index contributed by atoms with van der Waals surface area (Å²) in [7, 11) is 0. The SMILES string of the molecule is Cc1noc(CN2C(=O)N[C@@](C)(c3cccs3)C2=O)n1. The lowest BCUT2D eigenvalue weighted by Gasteiger charge is -2.19. The van der Waals surface area contributed by atoms with E-state index in [9.17, 15) is 9.59 Å². The van der Waals surface area contributed by atoms with Crippen molar-refractivity contribution in [3.05, 3.63) is 34.1 Å². The van der Waals surface area contributed by atoms with Crippen LogP contribution >= 0.6 is 11.3 Å². The molecular weight excluding hydrogens is 280 g/mol. The first-order valence-electron chi connectivity index (χ1n) is 5.98. The molecular formula is C12H12N4O3S. The van der Waals surface area contributed by atoms with Gasteiger partial charge in [-0.05, 0) is 25.3 Å². The minimum atomic E-state index is -1.03. The van der Waals surface area contributed by atoms with E-state index in [0.29, 0.717) is 5.82 Å². The van der Waals surface area contributed by atoms with Crippen LogP contribution in [0.25, 0.3) is 0 Å². The zero-order chi connectivity index (χ0) is 14.3. The number of urea groups is 1. The van der Waals surface area contributed by atoms with Crippen LogP contribution in [0.3, 0.4) is 0 Å². The minimum Gasteiger partial charge on any atom is -0.337 e. The Morgan fingerprint density at radius 1 is 1.50 bits per heavy atom. The summed E-state index contributed by atoms with van der Waals surface area (Å²) in [6.07, 6.45) is 0. The summed E-state index contributed by atoms with van der Waals surface area (Å²) in [6, 6.07) is 3.21. The van der Waals surface area contributed by atoms with Crippen molar-refractivity contribution in [2.75, 3.05) is 0 Å². The fourth-order valence-corrected chi connectivity index (χ4v) is 2.95. The number of carbonyl (C=O) groups excluding carboxylic acids is 2. The van der Waals surface area contributed by atoms with E-state index in [0.717, 1.165) is 9.78 Å². The lowest BCUT2D eigenvalue weighted by atomic mass is 10.0. The predicted molar refractivity (Wildman–Crippen MR) is 69.8 cm³/mol. The number of hydrogen-bond donors (Lipinski definition) is 1. The van der Waals surface area contributed by atoms with Gasteiger partial charge in [-0.15, -0.1) is 11.3 Å². The quantitative estimate of drug-likeness (QED) is 0.864. The molecule has 0 radical (unpaired) electrons. The normalized spacial score (nSPS) is 22.4. The molecule has 1 aliphatic heterocycles. The van der Waals surface area contributed by atoms with Gasteiger partial charge in [0.1, 0.15) is 6.54 Å². The number of amides is 3. The Morgan fingerprint density at radius 2 is 2.30 bits per heavy atom. The summed E-state index contributed by atoms with van der Waals surface area (Å²) in [4.78, 5) is 30.4. The van der Waals surface area contributed by atoms with Crippen LogP contribution in [0.2, 0.25) is 0 Å². The minimum absolute atomic E-state index is 0.0214. The van der Waals surface area contributed by atoms with Crippen LogP contribution in [-0.4, -0.2) is 27.0 Å². The van der Waals surface area contributed by atoms with Gasteiger partial charge in [-0.25, -0.2) is 4.79 Å². The molecule has 0 unspecified atom stereocenters. The van der Waals surface area contributed by atoms with E-state index in [2.05, 4.69) is 15.5 Å². The van der Waals surface area contributed by atoms with E-state index in [4.69, 9.17) is 4.52 Å². The number of thiophene rings is 1. The molecule has 1 fully saturated rings. The maximum Gasteiger partial charge on any atom is 0.325 e. The van der Waals surface area contributed by atoms with Gasteiger partial charge in [-0.2, -0.15) is 4.98 Å². The fourth-order valence-electron chi connectivity index (χ4n) is 2.11. The van der Waals surface area contributed by atoms with E-state index >= 15 is 0 Å². The van der Waals surface area contributed by atoms with Gasteiger partial charge in [0, 0.05) is 4.88 Å². The fraction of sp³-hybridized carbons (Fsp3) is 0.333. The molecule has 3 heterocycles. The number of imide groups is 1. The van der Waals surface area contributed by atoms with Crippen molar-refractivity contribution in [3.63, 3.8) is 0 Å². The Labute approximate surface area is 118 Å². The highest BCUT2D eigenvalue weighted by atomic mass is 32.1. The first-order chi connectivity index (χ1) is 9.50. The molecule has 0 spiro atoms. The van der Waals surface area contributed by atoms with Crippen molar-refractivity contribution in [2.24, 2.45) is 0 Å². The van der Waals surface area contributed by atoms with Crippen LogP contribution in [0.15, 0.2) is 22.0 Å². The molecule has 0 saturated carbocycles. The number of carbonyl (C=O) groups is 2. The third kappa shape index (κ3) is 1.88. The lowest BCUT2D eigenvalue weighted by molar-refractivity contribution is -0.131. The Hall–Kier alpha value is -2.22. The van der Waals surface area contributed by atoms with Crippen LogP contribution in [-0.2, 0) is 16.9 Å². The average Bonchev–Trinajstić information content (AvgIpc) is 3.09. The van der Waals surface area contributed by atoms with Crippen molar-refractivity contribution in [1.82, 2.24) is 20.4 Å². The lowest BCUT2D eigenvalue weighted by Crippen LogP contribution is -2.40. The average molecular weight is 292 g/mol. The second kappa shape index (κ2) is 4.41. The second-order valence-electron chi connectivity index (χ2n) is 4.66. The summed E-state index contributed by atoms with van der Waals surface area (Å²) in [6.45, 7) is 3.35. The molecule has 3 amide bonds. The molecule has 1 N–H and O–H groups in total. The van der Waals surface area contributed by atoms with E-state index in [-0.39, 0.29) is 18.3 Å². The Balaban J connectivity index is 1.87. The topological polar surface area (TPSA) is 88.3 Å². The van der Waals surface area contributed by atoms with Crippen molar-refractivity contribution >= 4 is 23.3 Å². The van der Waals surface area contributed by atoms with Gasteiger partial charge in [0.25, 0.3) is 5.91 Å². The largest absolute Gasteiger partial charge is 0.337 e. The number of aryl methyl sites for hydroxylation is 1. The zero-order valence-electron chi connectivity index (χ0n) is 10.9. The van der Waals surface area contributed by atoms with Crippen molar-refractivity contribution in [3.8, 4) is 0 Å². The molecule has 1 aliphatic rings. The Morgan fingerprint density at radius 3 is 2.90 bits per heavy atom. The van der Waals surface area contributed by atoms with Crippen molar-refractivity contribution in [2.45, 2.75) is 25.9 Å². The maximum atomic E-state index is 12.5. The maximum absolute atomic E-state index is 12.5. The summed E-state index contributed by atoms with van der Waals surface area (Å²) in [5.74, 6) is 0.385. The molecule has 1 saturated heterocycles. The van der Waals surface area contributed by atoms with Gasteiger partial charge in [0.15, 0.2) is 11.4 Å². The van der Waals surface area contributed by atoms with Gasteiger partial charge in [0.2, 0.25) is 5.89 Å². The highest BCUT2D eigenvalue weighted by Gasteiger charge is 2.50. The molecule has 0 bridgehead atoms. The smallest absolute Gasteiger partial charge is 0.325 e. The van der Waals surface area contributed by atoms with Crippen LogP contribution in [0, 0.1) is 6.92 Å². The van der Waals surface area contributed by atoms with Gasteiger partial charge in [-0.3, -0.25) is 9.69 Å². The number of nitrogens with one attached hydrogen (secondary N) is 1. The van der Waals surface area contributed by atoms with Crippen LogP contribution < -0.4 is 5.32 Å². The van der Waals surface area contributed by atoms with E-state index in [1.165, 1.54) is 11.3 Å². The van der Waals surface area contributed by atoms with E-state index in [1.807, 2.05) is 17.5 Å². The Kier molecular flexibility index (Phi) is 2.82. The molecule has 1 atom stereocenters. The summed E-state index contributed by atoms with van der Waals surface area (Å²) in [5, 5.41) is 8.22. The number of rotatable bonds is 3. The number of nitrogens with zero attached hydrogens (tertiary/aromatic N) is 3. The van der Waals surface area contributed by atoms with Gasteiger partial charge >= 0.3 is 6.03 Å². The standard InChI is InChI=1S/C12H12N4O3S/c1-7-13-9(19-15-7)6-16-10(17)12(2,14-11(16)18)8-4-3-5-20-8/h3-5H,6H2,1-2H3,(H,14,18)/t12-/m0/s1. The molecule has 2 aromatic heterocycles. The third-order valence-corrected chi connectivity index (χ3v) is 4.24. The Bertz CT molecular complexity index is 666. The second-order valence-corrected chi connectivity index (χ2v) is 5.61. The van der Waals surface area contributed by atoms with Crippen molar-refractivity contribution < 1.29 is 14.1 Å². The van der Waals surface area contributed by atoms with E-state index in [1.54, 1.807) is 13.8 Å². The molecule has 7 nitrogen and oxygen atoms in total. The van der Waals surface area contributed by atoms with E-state index < -0.39 is 11.6 Å². The first-order valence-corrected chi connectivity index (χ1v) is 6.86. The summed E-state index contributed by atoms with van der Waals surface area (Å²) in [5.41, 5.74) is -1.03. The zero-order valence-corrected chi connectivity index (χ0v) is 11.7. The van der Waals surface area contributed by atoms with Crippen molar-refractivity contribution in [1.29, 1.82) is 0 Å². The van der Waals surface area contributed by atoms with Gasteiger partial charge < -0.3 is 9.84 Å². The molecule has 104 valence electrons. The highest BCUT2D eigenvalue weighted by molar-refractivity contribution is 7.10. The van der Waals surface area contributed by atoms with Crippen LogP contribution in [0.4, 0.5) is 4.79 Å². The highest BCUT2D eigenvalue weighted by Crippen LogP contribution is 2.32. The summed E-state index contributed by atoms with van der Waals surface area (Å²) < 4.78 is 4.95. The molecule has 8 heteroatoms. The monoisotopic (exact) mass is 292 g/mol. The van der Waals surface area contributed by atoms with Crippen LogP contribution in [0.1, 0.15) is 23.5 Å². The molecule has 3 rings (SSSR count). The molecule has 0 aromatic carbocycles. The molecule has 0 aliphatic carbocycles. The number of hydrogen-bond acceptors (Lipinski definition) is 6.